The molecule has 0 radical (unpaired) electrons. The Hall–Kier alpha value is -0.650. The second kappa shape index (κ2) is 5.44. The maximum Gasteiger partial charge on any atom is 0.246 e. The Morgan fingerprint density at radius 1 is 1.67 bits per heavy atom. The summed E-state index contributed by atoms with van der Waals surface area (Å²) in [5, 5.41) is 15.6. The van der Waals surface area contributed by atoms with E-state index in [9.17, 15) is 9.90 Å². The number of aliphatic hydroxyl groups is 1. The van der Waals surface area contributed by atoms with Gasteiger partial charge in [0, 0.05) is 13.1 Å². The average Bonchev–Trinajstić information content (AvgIpc) is 2.60. The summed E-state index contributed by atoms with van der Waals surface area (Å²) in [5.74, 6) is -0.177. The van der Waals surface area contributed by atoms with Crippen LogP contribution in [0.3, 0.4) is 0 Å². The monoisotopic (exact) mass is 216 g/mol. The predicted molar refractivity (Wildman–Crippen MR) is 56.5 cm³/mol. The number of β-amino-alcohol motifs (C(OH)–C–C–N with tert-alkyl or cyclic N) is 1. The van der Waals surface area contributed by atoms with E-state index in [-0.39, 0.29) is 18.6 Å². The van der Waals surface area contributed by atoms with Crippen molar-refractivity contribution < 1.29 is 14.6 Å². The quantitative estimate of drug-likeness (QED) is 0.565. The van der Waals surface area contributed by atoms with E-state index in [2.05, 4.69) is 10.6 Å². The molecule has 0 aliphatic carbocycles. The van der Waals surface area contributed by atoms with Crippen LogP contribution in [-0.2, 0) is 9.53 Å². The molecule has 1 atom stereocenters. The number of carbonyl (C=O) groups excluding carboxylic acids is 1. The van der Waals surface area contributed by atoms with Crippen molar-refractivity contribution in [3.8, 4) is 0 Å². The van der Waals surface area contributed by atoms with Gasteiger partial charge in [-0.1, -0.05) is 0 Å². The highest BCUT2D eigenvalue weighted by atomic mass is 16.5. The molecule has 1 heterocycles. The molecule has 15 heavy (non-hydrogen) atoms. The molecule has 88 valence electrons. The third-order valence-electron chi connectivity index (χ3n) is 2.38. The normalized spacial score (nSPS) is 25.9. The van der Waals surface area contributed by atoms with Crippen molar-refractivity contribution in [2.24, 2.45) is 0 Å². The van der Waals surface area contributed by atoms with Gasteiger partial charge in [0.25, 0.3) is 0 Å². The van der Waals surface area contributed by atoms with Crippen LogP contribution in [-0.4, -0.2) is 49.0 Å². The summed E-state index contributed by atoms with van der Waals surface area (Å²) in [6, 6.07) is 0. The molecule has 3 N–H and O–H groups in total. The lowest BCUT2D eigenvalue weighted by Gasteiger charge is -2.21. The molecule has 5 nitrogen and oxygen atoms in total. The first kappa shape index (κ1) is 12.4. The Labute approximate surface area is 90.2 Å². The van der Waals surface area contributed by atoms with E-state index in [1.165, 1.54) is 0 Å². The first-order chi connectivity index (χ1) is 7.02. The van der Waals surface area contributed by atoms with Gasteiger partial charge in [-0.05, 0) is 26.8 Å². The van der Waals surface area contributed by atoms with Crippen LogP contribution in [0.2, 0.25) is 0 Å². The smallest absolute Gasteiger partial charge is 0.246 e. The number of ether oxygens (including phenoxy) is 1. The third kappa shape index (κ3) is 4.59. The summed E-state index contributed by atoms with van der Waals surface area (Å²) in [7, 11) is 0. The Balaban J connectivity index is 2.16. The van der Waals surface area contributed by atoms with Gasteiger partial charge in [-0.15, -0.1) is 0 Å². The summed E-state index contributed by atoms with van der Waals surface area (Å²) in [5.41, 5.74) is -0.784. The largest absolute Gasteiger partial charge is 0.387 e. The molecule has 1 amide bonds. The van der Waals surface area contributed by atoms with Crippen molar-refractivity contribution >= 4 is 5.91 Å². The molecule has 0 spiro atoms. The lowest BCUT2D eigenvalue weighted by molar-refractivity contribution is -0.128. The van der Waals surface area contributed by atoms with E-state index in [4.69, 9.17) is 4.74 Å². The lowest BCUT2D eigenvalue weighted by Crippen LogP contribution is -2.45. The molecule has 0 aromatic heterocycles. The maximum atomic E-state index is 11.3. The van der Waals surface area contributed by atoms with Crippen molar-refractivity contribution in [3.63, 3.8) is 0 Å². The van der Waals surface area contributed by atoms with Crippen molar-refractivity contribution in [3.05, 3.63) is 0 Å². The Morgan fingerprint density at radius 3 is 2.93 bits per heavy atom. The summed E-state index contributed by atoms with van der Waals surface area (Å²) in [6.45, 7) is 5.44. The van der Waals surface area contributed by atoms with Crippen LogP contribution >= 0.6 is 0 Å². The van der Waals surface area contributed by atoms with Crippen LogP contribution in [0.4, 0.5) is 0 Å². The molecule has 1 aliphatic rings. The highest BCUT2D eigenvalue weighted by Gasteiger charge is 2.31. The van der Waals surface area contributed by atoms with Gasteiger partial charge in [-0.2, -0.15) is 0 Å². The Kier molecular flexibility index (Phi) is 4.50. The van der Waals surface area contributed by atoms with Gasteiger partial charge in [0.1, 0.15) is 6.61 Å². The number of hydrogen-bond acceptors (Lipinski definition) is 4. The molecule has 1 unspecified atom stereocenters. The fourth-order valence-electron chi connectivity index (χ4n) is 1.44. The SMILES string of the molecule is CC(C)OCC(=O)NCC1(O)CCNC1. The Morgan fingerprint density at radius 2 is 2.40 bits per heavy atom. The molecule has 0 bridgehead atoms. The average molecular weight is 216 g/mol. The summed E-state index contributed by atoms with van der Waals surface area (Å²) >= 11 is 0. The van der Waals surface area contributed by atoms with Crippen molar-refractivity contribution in [2.75, 3.05) is 26.2 Å². The van der Waals surface area contributed by atoms with Crippen molar-refractivity contribution in [2.45, 2.75) is 32.0 Å². The number of rotatable bonds is 5. The third-order valence-corrected chi connectivity index (χ3v) is 2.38. The van der Waals surface area contributed by atoms with Gasteiger partial charge in [-0.25, -0.2) is 0 Å². The summed E-state index contributed by atoms with van der Waals surface area (Å²) < 4.78 is 5.14. The number of amides is 1. The van der Waals surface area contributed by atoms with E-state index in [0.29, 0.717) is 19.5 Å². The van der Waals surface area contributed by atoms with Gasteiger partial charge in [-0.3, -0.25) is 4.79 Å². The molecule has 1 fully saturated rings. The van der Waals surface area contributed by atoms with Crippen molar-refractivity contribution in [1.29, 1.82) is 0 Å². The van der Waals surface area contributed by atoms with E-state index in [0.717, 1.165) is 6.54 Å². The van der Waals surface area contributed by atoms with Crippen LogP contribution < -0.4 is 10.6 Å². The zero-order valence-corrected chi connectivity index (χ0v) is 9.38. The first-order valence-electron chi connectivity index (χ1n) is 5.33. The maximum absolute atomic E-state index is 11.3. The number of nitrogens with one attached hydrogen (secondary N) is 2. The minimum atomic E-state index is -0.784. The first-order valence-corrected chi connectivity index (χ1v) is 5.33. The predicted octanol–water partition coefficient (Wildman–Crippen LogP) is -0.748. The van der Waals surface area contributed by atoms with Gasteiger partial charge in [0.2, 0.25) is 5.91 Å². The number of carbonyl (C=O) groups is 1. The number of hydrogen-bond donors (Lipinski definition) is 3. The van der Waals surface area contributed by atoms with Crippen LogP contribution in [0.1, 0.15) is 20.3 Å². The van der Waals surface area contributed by atoms with Gasteiger partial charge in [0.05, 0.1) is 11.7 Å². The summed E-state index contributed by atoms with van der Waals surface area (Å²) in [6.07, 6.45) is 0.727. The van der Waals surface area contributed by atoms with Crippen LogP contribution in [0, 0.1) is 0 Å². The van der Waals surface area contributed by atoms with Crippen LogP contribution in [0.15, 0.2) is 0 Å². The Bertz CT molecular complexity index is 213. The highest BCUT2D eigenvalue weighted by Crippen LogP contribution is 2.12. The molecule has 1 saturated heterocycles. The molecular formula is C10H20N2O3. The van der Waals surface area contributed by atoms with Crippen molar-refractivity contribution in [1.82, 2.24) is 10.6 Å². The fraction of sp³-hybridized carbons (Fsp3) is 0.900. The van der Waals surface area contributed by atoms with E-state index in [1.54, 1.807) is 0 Å². The van der Waals surface area contributed by atoms with E-state index >= 15 is 0 Å². The van der Waals surface area contributed by atoms with Gasteiger partial charge >= 0.3 is 0 Å². The molecular weight excluding hydrogens is 196 g/mol. The summed E-state index contributed by atoms with van der Waals surface area (Å²) in [4.78, 5) is 11.3. The molecule has 5 heteroatoms. The zero-order valence-electron chi connectivity index (χ0n) is 9.38. The zero-order chi connectivity index (χ0) is 11.3. The molecule has 0 aromatic carbocycles. The fourth-order valence-corrected chi connectivity index (χ4v) is 1.44. The highest BCUT2D eigenvalue weighted by molar-refractivity contribution is 5.77. The molecule has 1 rings (SSSR count). The van der Waals surface area contributed by atoms with Gasteiger partial charge in [0.15, 0.2) is 0 Å². The second-order valence-electron chi connectivity index (χ2n) is 4.29. The van der Waals surface area contributed by atoms with Gasteiger partial charge < -0.3 is 20.5 Å². The topological polar surface area (TPSA) is 70.6 Å². The van der Waals surface area contributed by atoms with E-state index < -0.39 is 5.60 Å². The standard InChI is InChI=1S/C10H20N2O3/c1-8(2)15-5-9(13)12-7-10(14)3-4-11-6-10/h8,11,14H,3-7H2,1-2H3,(H,12,13). The second-order valence-corrected chi connectivity index (χ2v) is 4.29. The molecule has 0 aromatic rings. The minimum Gasteiger partial charge on any atom is -0.387 e. The van der Waals surface area contributed by atoms with Crippen LogP contribution in [0.5, 0.6) is 0 Å². The minimum absolute atomic E-state index is 0.0481. The molecule has 1 aliphatic heterocycles. The van der Waals surface area contributed by atoms with Crippen LogP contribution in [0.25, 0.3) is 0 Å². The lowest BCUT2D eigenvalue weighted by atomic mass is 10.0. The van der Waals surface area contributed by atoms with E-state index in [1.807, 2.05) is 13.8 Å². The molecule has 0 saturated carbocycles.